The molecule has 6 heteroatoms. The van der Waals surface area contributed by atoms with Crippen molar-refractivity contribution in [3.8, 4) is 0 Å². The molecule has 7 heavy (non-hydrogen) atoms. The van der Waals surface area contributed by atoms with Crippen LogP contribution in [0, 0.1) is 0 Å². The van der Waals surface area contributed by atoms with Gasteiger partial charge >= 0.3 is 29.6 Å². The van der Waals surface area contributed by atoms with Crippen molar-refractivity contribution in [3.05, 3.63) is 0 Å². The van der Waals surface area contributed by atoms with E-state index in [1.165, 1.54) is 0 Å². The third-order valence-corrected chi connectivity index (χ3v) is 0. The van der Waals surface area contributed by atoms with Crippen molar-refractivity contribution in [1.82, 2.24) is 0 Å². The summed E-state index contributed by atoms with van der Waals surface area (Å²) in [6, 6.07) is 0. The molecule has 0 saturated carbocycles. The Bertz CT molecular complexity index is 15.6. The van der Waals surface area contributed by atoms with Gasteiger partial charge in [-0.15, -0.1) is 0 Å². The average Bonchev–Trinajstić information content (AvgIpc) is 0.918. The van der Waals surface area contributed by atoms with Gasteiger partial charge in [-0.2, -0.15) is 0 Å². The van der Waals surface area contributed by atoms with Crippen molar-refractivity contribution < 1.29 is 55.9 Å². The van der Waals surface area contributed by atoms with Crippen LogP contribution in [-0.4, -0.2) is 22.9 Å². The Labute approximate surface area is 62.6 Å². The molecule has 0 aliphatic carbocycles. The molecule has 0 amide bonds. The van der Waals surface area contributed by atoms with E-state index in [1.807, 2.05) is 0 Å². The Morgan fingerprint density at radius 2 is 1.14 bits per heavy atom. The Morgan fingerprint density at radius 1 is 1.14 bits per heavy atom. The van der Waals surface area contributed by atoms with E-state index in [2.05, 4.69) is 0 Å². The molecule has 0 atom stereocenters. The molecular weight excluding hydrogens is 115 g/mol. The van der Waals surface area contributed by atoms with Crippen LogP contribution in [0.25, 0.3) is 0 Å². The van der Waals surface area contributed by atoms with Crippen LogP contribution in [-0.2, 0) is 4.79 Å². The summed E-state index contributed by atoms with van der Waals surface area (Å²) in [6.45, 7) is -0.500. The Kier molecular flexibility index (Phi) is 765. The summed E-state index contributed by atoms with van der Waals surface area (Å²) in [5.74, 6) is 0. The normalized spacial score (nSPS) is 1.71. The zero-order valence-corrected chi connectivity index (χ0v) is 5.89. The maximum absolute atomic E-state index is 8.25. The van der Waals surface area contributed by atoms with E-state index in [9.17, 15) is 0 Å². The van der Waals surface area contributed by atoms with Crippen molar-refractivity contribution in [2.75, 3.05) is 0 Å². The number of rotatable bonds is 0. The zero-order valence-electron chi connectivity index (χ0n) is 3.89. The standard InChI is InChI=1S/CH2O2.Na.3H2O/c2-1-3;;;;/h1H,(H,2,3);;3*1H2/q;+1;;;/p-1. The second kappa shape index (κ2) is 99.7. The third-order valence-electron chi connectivity index (χ3n) is 0. The van der Waals surface area contributed by atoms with Crippen LogP contribution in [0.5, 0.6) is 0 Å². The number of carboxylic acid groups (broad SMARTS) is 1. The molecular formula is CH7NaO5. The smallest absolute Gasteiger partial charge is 0.554 e. The summed E-state index contributed by atoms with van der Waals surface area (Å²) in [6.07, 6.45) is 0. The zero-order chi connectivity index (χ0) is 2.71. The topological polar surface area (TPSA) is 135 Å². The molecule has 42 valence electrons. The summed E-state index contributed by atoms with van der Waals surface area (Å²) in [4.78, 5) is 8.25. The van der Waals surface area contributed by atoms with Gasteiger partial charge in [0.2, 0.25) is 0 Å². The van der Waals surface area contributed by atoms with Crippen molar-refractivity contribution in [2.45, 2.75) is 0 Å². The van der Waals surface area contributed by atoms with Crippen LogP contribution in [0.3, 0.4) is 0 Å². The SMILES string of the molecule is O.O.O.O=C[O-].[Na+]. The van der Waals surface area contributed by atoms with Gasteiger partial charge < -0.3 is 26.3 Å². The van der Waals surface area contributed by atoms with Crippen LogP contribution in [0.1, 0.15) is 0 Å². The predicted octanol–water partition coefficient (Wildman–Crippen LogP) is -7.10. The average molecular weight is 122 g/mol. The number of hydrogen-bond donors (Lipinski definition) is 0. The Morgan fingerprint density at radius 3 is 1.14 bits per heavy atom. The van der Waals surface area contributed by atoms with Gasteiger partial charge in [0.25, 0.3) is 0 Å². The van der Waals surface area contributed by atoms with E-state index in [0.29, 0.717) is 0 Å². The number of carbonyl (C=O) groups excluding carboxylic acids is 1. The summed E-state index contributed by atoms with van der Waals surface area (Å²) in [7, 11) is 0. The third kappa shape index (κ3) is 981. The van der Waals surface area contributed by atoms with Crippen LogP contribution in [0.15, 0.2) is 0 Å². The molecule has 0 saturated heterocycles. The van der Waals surface area contributed by atoms with E-state index < -0.39 is 6.47 Å². The van der Waals surface area contributed by atoms with Gasteiger partial charge in [-0.1, -0.05) is 0 Å². The summed E-state index contributed by atoms with van der Waals surface area (Å²) >= 11 is 0. The van der Waals surface area contributed by atoms with Crippen LogP contribution >= 0.6 is 0 Å². The van der Waals surface area contributed by atoms with Crippen molar-refractivity contribution in [1.29, 1.82) is 0 Å². The maximum atomic E-state index is 8.25. The molecule has 0 unspecified atom stereocenters. The molecule has 5 nitrogen and oxygen atoms in total. The molecule has 0 aliphatic heterocycles. The van der Waals surface area contributed by atoms with Gasteiger partial charge in [0.15, 0.2) is 0 Å². The van der Waals surface area contributed by atoms with Crippen molar-refractivity contribution in [3.63, 3.8) is 0 Å². The monoisotopic (exact) mass is 122 g/mol. The summed E-state index contributed by atoms with van der Waals surface area (Å²) in [5.41, 5.74) is 0. The number of carbonyl (C=O) groups is 1. The molecule has 0 spiro atoms. The fraction of sp³-hybridized carbons (Fsp3) is 0. The molecule has 0 aliphatic rings. The van der Waals surface area contributed by atoms with Crippen LogP contribution < -0.4 is 34.7 Å². The molecule has 0 aromatic carbocycles. The van der Waals surface area contributed by atoms with E-state index >= 15 is 0 Å². The van der Waals surface area contributed by atoms with Crippen LogP contribution in [0.2, 0.25) is 0 Å². The minimum Gasteiger partial charge on any atom is -0.554 e. The molecule has 6 N–H and O–H groups in total. The van der Waals surface area contributed by atoms with E-state index in [4.69, 9.17) is 9.90 Å². The minimum absolute atomic E-state index is 0. The summed E-state index contributed by atoms with van der Waals surface area (Å²) in [5, 5.41) is 8.25. The first kappa shape index (κ1) is 53.7. The van der Waals surface area contributed by atoms with E-state index in [1.54, 1.807) is 0 Å². The molecule has 0 rings (SSSR count). The molecule has 0 aromatic heterocycles. The minimum atomic E-state index is -0.500. The van der Waals surface area contributed by atoms with E-state index in [-0.39, 0.29) is 46.0 Å². The van der Waals surface area contributed by atoms with Gasteiger partial charge in [0, 0.05) is 6.47 Å². The fourth-order valence-corrected chi connectivity index (χ4v) is 0. The molecule has 0 bridgehead atoms. The quantitative estimate of drug-likeness (QED) is 0.233. The first-order valence-electron chi connectivity index (χ1n) is 0.471. The molecule has 0 aromatic rings. The first-order valence-corrected chi connectivity index (χ1v) is 0.471. The maximum Gasteiger partial charge on any atom is 1.00 e. The van der Waals surface area contributed by atoms with Gasteiger partial charge in [-0.05, 0) is 0 Å². The van der Waals surface area contributed by atoms with Gasteiger partial charge in [0.05, 0.1) is 0 Å². The number of hydrogen-bond acceptors (Lipinski definition) is 2. The van der Waals surface area contributed by atoms with Gasteiger partial charge in [0.1, 0.15) is 0 Å². The first-order chi connectivity index (χ1) is 1.41. The Balaban J connectivity index is -0.00000000333. The van der Waals surface area contributed by atoms with Gasteiger partial charge in [-0.25, -0.2) is 0 Å². The van der Waals surface area contributed by atoms with E-state index in [0.717, 1.165) is 0 Å². The van der Waals surface area contributed by atoms with Gasteiger partial charge in [-0.3, -0.25) is 0 Å². The summed E-state index contributed by atoms with van der Waals surface area (Å²) < 4.78 is 0. The fourth-order valence-electron chi connectivity index (χ4n) is 0. The molecule has 0 fully saturated rings. The second-order valence-corrected chi connectivity index (χ2v) is 0.0962. The Hall–Kier alpha value is 0.350. The van der Waals surface area contributed by atoms with Crippen molar-refractivity contribution in [2.24, 2.45) is 0 Å². The molecule has 0 radical (unpaired) electrons. The molecule has 0 heterocycles. The largest absolute Gasteiger partial charge is 1.00 e. The van der Waals surface area contributed by atoms with Crippen molar-refractivity contribution >= 4 is 6.47 Å². The van der Waals surface area contributed by atoms with Crippen LogP contribution in [0.4, 0.5) is 0 Å². The second-order valence-electron chi connectivity index (χ2n) is 0.0962. The predicted molar refractivity (Wildman–Crippen MR) is 16.9 cm³/mol.